The van der Waals surface area contributed by atoms with Gasteiger partial charge < -0.3 is 14.2 Å². The van der Waals surface area contributed by atoms with E-state index in [1.54, 1.807) is 26.4 Å². The third-order valence-corrected chi connectivity index (χ3v) is 5.65. The second-order valence-corrected chi connectivity index (χ2v) is 7.69. The van der Waals surface area contributed by atoms with Gasteiger partial charge in [-0.1, -0.05) is 60.7 Å². The van der Waals surface area contributed by atoms with Crippen LogP contribution in [0.3, 0.4) is 0 Å². The summed E-state index contributed by atoms with van der Waals surface area (Å²) in [5.41, 5.74) is 3.52. The monoisotopic (exact) mass is 451 g/mol. The van der Waals surface area contributed by atoms with Crippen LogP contribution in [0.25, 0.3) is 0 Å². The van der Waals surface area contributed by atoms with Crippen molar-refractivity contribution in [3.8, 4) is 11.5 Å². The molecule has 0 saturated carbocycles. The highest BCUT2D eigenvalue weighted by Gasteiger charge is 2.26. The molecular formula is C27H30FNO4. The third-order valence-electron chi connectivity index (χ3n) is 5.65. The lowest BCUT2D eigenvalue weighted by Gasteiger charge is -2.26. The molecule has 0 aliphatic carbocycles. The Morgan fingerprint density at radius 1 is 0.848 bits per heavy atom. The highest BCUT2D eigenvalue weighted by Crippen LogP contribution is 2.33. The van der Waals surface area contributed by atoms with Crippen molar-refractivity contribution in [2.24, 2.45) is 0 Å². The molecule has 3 rings (SSSR count). The van der Waals surface area contributed by atoms with Crippen molar-refractivity contribution in [2.75, 3.05) is 21.3 Å². The van der Waals surface area contributed by atoms with Crippen LogP contribution in [0.1, 0.15) is 40.8 Å². The molecule has 5 nitrogen and oxygen atoms in total. The second-order valence-electron chi connectivity index (χ2n) is 7.69. The van der Waals surface area contributed by atoms with Gasteiger partial charge in [0.1, 0.15) is 12.7 Å². The number of hydrogen-bond donors (Lipinski definition) is 1. The first-order valence-corrected chi connectivity index (χ1v) is 10.8. The van der Waals surface area contributed by atoms with Crippen LogP contribution in [0.4, 0.5) is 4.39 Å². The molecule has 0 radical (unpaired) electrons. The van der Waals surface area contributed by atoms with E-state index in [1.807, 2.05) is 60.7 Å². The Balaban J connectivity index is 1.91. The van der Waals surface area contributed by atoms with Gasteiger partial charge in [0.05, 0.1) is 21.3 Å². The Kier molecular flexibility index (Phi) is 8.84. The molecule has 33 heavy (non-hydrogen) atoms. The number of carbonyl (C=O) groups excluding carboxylic acids is 1. The second kappa shape index (κ2) is 12.0. The summed E-state index contributed by atoms with van der Waals surface area (Å²) in [5, 5.41) is 3.49. The summed E-state index contributed by atoms with van der Waals surface area (Å²) in [7, 11) is 4.58. The van der Waals surface area contributed by atoms with E-state index < -0.39 is 12.7 Å². The van der Waals surface area contributed by atoms with Gasteiger partial charge in [-0.25, -0.2) is 9.18 Å². The standard InChI is InChI=1S/C27H30FNO4/c1-31-24-16-14-22(17-25(24)32-2)23(15-13-19-9-11-20(18-28)12-10-19)29-26(27(30)33-3)21-7-5-4-6-8-21/h4-12,14,16-17,23,26,29H,13,15,18H2,1-3H3/t23?,26-/m0/s1. The molecule has 3 aromatic rings. The molecule has 0 bridgehead atoms. The number of nitrogens with one attached hydrogen (secondary N) is 1. The molecule has 0 aromatic heterocycles. The van der Waals surface area contributed by atoms with Crippen molar-refractivity contribution >= 4 is 5.97 Å². The summed E-state index contributed by atoms with van der Waals surface area (Å²) in [4.78, 5) is 12.7. The molecule has 0 amide bonds. The van der Waals surface area contributed by atoms with Crippen molar-refractivity contribution in [1.29, 1.82) is 0 Å². The molecule has 0 fully saturated rings. The van der Waals surface area contributed by atoms with E-state index in [-0.39, 0.29) is 12.0 Å². The molecule has 6 heteroatoms. The minimum atomic E-state index is -0.636. The number of methoxy groups -OCH3 is 3. The number of aryl methyl sites for hydroxylation is 1. The predicted octanol–water partition coefficient (Wildman–Crippen LogP) is 5.35. The zero-order valence-corrected chi connectivity index (χ0v) is 19.2. The van der Waals surface area contributed by atoms with Crippen LogP contribution in [0.5, 0.6) is 11.5 Å². The lowest BCUT2D eigenvalue weighted by atomic mass is 9.96. The van der Waals surface area contributed by atoms with E-state index in [1.165, 1.54) is 7.11 Å². The molecule has 0 heterocycles. The summed E-state index contributed by atoms with van der Waals surface area (Å²) >= 11 is 0. The zero-order chi connectivity index (χ0) is 23.6. The molecule has 0 aliphatic heterocycles. The smallest absolute Gasteiger partial charge is 0.327 e. The first-order chi connectivity index (χ1) is 16.1. The van der Waals surface area contributed by atoms with Gasteiger partial charge >= 0.3 is 5.97 Å². The molecular weight excluding hydrogens is 421 g/mol. The molecule has 1 N–H and O–H groups in total. The van der Waals surface area contributed by atoms with Crippen molar-refractivity contribution in [3.63, 3.8) is 0 Å². The van der Waals surface area contributed by atoms with Crippen LogP contribution in [-0.2, 0) is 22.6 Å². The van der Waals surface area contributed by atoms with E-state index in [0.717, 1.165) is 23.1 Å². The predicted molar refractivity (Wildman–Crippen MR) is 126 cm³/mol. The summed E-state index contributed by atoms with van der Waals surface area (Å²) < 4.78 is 28.8. The normalized spacial score (nSPS) is 12.6. The summed E-state index contributed by atoms with van der Waals surface area (Å²) in [6, 6.07) is 21.9. The maximum Gasteiger partial charge on any atom is 0.327 e. The average Bonchev–Trinajstić information content (AvgIpc) is 2.88. The summed E-state index contributed by atoms with van der Waals surface area (Å²) in [6.07, 6.45) is 1.44. The summed E-state index contributed by atoms with van der Waals surface area (Å²) in [5.74, 6) is 0.886. The van der Waals surface area contributed by atoms with E-state index in [4.69, 9.17) is 14.2 Å². The molecule has 0 saturated heterocycles. The first-order valence-electron chi connectivity index (χ1n) is 10.8. The molecule has 0 aliphatic rings. The van der Waals surface area contributed by atoms with Crippen LogP contribution < -0.4 is 14.8 Å². The van der Waals surface area contributed by atoms with E-state index in [0.29, 0.717) is 23.5 Å². The number of benzene rings is 3. The Morgan fingerprint density at radius 3 is 2.12 bits per heavy atom. The van der Waals surface area contributed by atoms with Gasteiger partial charge in [-0.2, -0.15) is 0 Å². The van der Waals surface area contributed by atoms with Crippen molar-refractivity contribution in [2.45, 2.75) is 31.6 Å². The quantitative estimate of drug-likeness (QED) is 0.398. The van der Waals surface area contributed by atoms with Gasteiger partial charge in [0.2, 0.25) is 0 Å². The van der Waals surface area contributed by atoms with Gasteiger partial charge in [0, 0.05) is 6.04 Å². The van der Waals surface area contributed by atoms with Crippen LogP contribution >= 0.6 is 0 Å². The van der Waals surface area contributed by atoms with Gasteiger partial charge in [0.15, 0.2) is 11.5 Å². The van der Waals surface area contributed by atoms with Crippen molar-refractivity contribution in [1.82, 2.24) is 5.32 Å². The fourth-order valence-electron chi connectivity index (χ4n) is 3.79. The highest BCUT2D eigenvalue weighted by molar-refractivity contribution is 5.77. The molecule has 3 aromatic carbocycles. The maximum atomic E-state index is 12.9. The third kappa shape index (κ3) is 6.33. The van der Waals surface area contributed by atoms with Gasteiger partial charge in [0.25, 0.3) is 0 Å². The number of halogens is 1. The molecule has 1 unspecified atom stereocenters. The van der Waals surface area contributed by atoms with Crippen molar-refractivity contribution in [3.05, 3.63) is 95.1 Å². The maximum absolute atomic E-state index is 12.9. The van der Waals surface area contributed by atoms with Crippen LogP contribution in [0.15, 0.2) is 72.8 Å². The van der Waals surface area contributed by atoms with Gasteiger partial charge in [-0.05, 0) is 47.2 Å². The number of ether oxygens (including phenoxy) is 3. The SMILES string of the molecule is COC(=O)[C@@H](NC(CCc1ccc(CF)cc1)c1ccc(OC)c(OC)c1)c1ccccc1. The first kappa shape index (κ1) is 24.3. The molecule has 2 atom stereocenters. The lowest BCUT2D eigenvalue weighted by molar-refractivity contribution is -0.143. The minimum Gasteiger partial charge on any atom is -0.493 e. The molecule has 174 valence electrons. The van der Waals surface area contributed by atoms with Crippen molar-refractivity contribution < 1.29 is 23.4 Å². The largest absolute Gasteiger partial charge is 0.493 e. The van der Waals surface area contributed by atoms with E-state index in [2.05, 4.69) is 5.32 Å². The van der Waals surface area contributed by atoms with E-state index >= 15 is 0 Å². The average molecular weight is 452 g/mol. The van der Waals surface area contributed by atoms with Gasteiger partial charge in [-0.3, -0.25) is 5.32 Å². The fraction of sp³-hybridized carbons (Fsp3) is 0.296. The zero-order valence-electron chi connectivity index (χ0n) is 19.2. The lowest BCUT2D eigenvalue weighted by Crippen LogP contribution is -2.33. The number of hydrogen-bond acceptors (Lipinski definition) is 5. The number of rotatable bonds is 11. The Hall–Kier alpha value is -3.38. The Labute approximate surface area is 194 Å². The summed E-state index contributed by atoms with van der Waals surface area (Å²) in [6.45, 7) is -0.478. The number of alkyl halides is 1. The fourth-order valence-corrected chi connectivity index (χ4v) is 3.79. The number of carbonyl (C=O) groups is 1. The van der Waals surface area contributed by atoms with Gasteiger partial charge in [-0.15, -0.1) is 0 Å². The van der Waals surface area contributed by atoms with Crippen LogP contribution in [0, 0.1) is 0 Å². The van der Waals surface area contributed by atoms with E-state index in [9.17, 15) is 9.18 Å². The number of esters is 1. The molecule has 0 spiro atoms. The topological polar surface area (TPSA) is 56.8 Å². The Bertz CT molecular complexity index is 1020. The Morgan fingerprint density at radius 2 is 1.52 bits per heavy atom. The van der Waals surface area contributed by atoms with Crippen LogP contribution in [-0.4, -0.2) is 27.3 Å². The highest BCUT2D eigenvalue weighted by atomic mass is 19.1. The van der Waals surface area contributed by atoms with Crippen LogP contribution in [0.2, 0.25) is 0 Å². The minimum absolute atomic E-state index is 0.185.